The lowest BCUT2D eigenvalue weighted by Crippen LogP contribution is -2.35. The summed E-state index contributed by atoms with van der Waals surface area (Å²) in [7, 11) is 1.74. The number of carbonyl (C=O) groups is 1. The average Bonchev–Trinajstić information content (AvgIpc) is 2.61. The van der Waals surface area contributed by atoms with E-state index in [4.69, 9.17) is 10.9 Å². The van der Waals surface area contributed by atoms with E-state index in [-0.39, 0.29) is 12.5 Å². The summed E-state index contributed by atoms with van der Waals surface area (Å²) in [6, 6.07) is 0. The normalized spacial score (nSPS) is 10.0. The zero-order valence-corrected chi connectivity index (χ0v) is 10.4. The topological polar surface area (TPSA) is 58.4 Å². The molecule has 0 fully saturated rings. The van der Waals surface area contributed by atoms with Crippen LogP contribution in [0.2, 0.25) is 0 Å². The van der Waals surface area contributed by atoms with E-state index >= 15 is 0 Å². The van der Waals surface area contributed by atoms with Crippen molar-refractivity contribution in [3.05, 3.63) is 17.0 Å². The molecule has 1 N–H and O–H groups in total. The highest BCUT2D eigenvalue weighted by Gasteiger charge is 2.14. The molecule has 0 saturated carbocycles. The predicted octanol–water partition coefficient (Wildman–Crippen LogP) is 0.473. The molecule has 1 aromatic heterocycles. The molecule has 0 aliphatic heterocycles. The fourth-order valence-electron chi connectivity index (χ4n) is 1.43. The van der Waals surface area contributed by atoms with Gasteiger partial charge in [0.1, 0.15) is 5.76 Å². The van der Waals surface area contributed by atoms with E-state index in [9.17, 15) is 4.79 Å². The van der Waals surface area contributed by atoms with Gasteiger partial charge in [0.2, 0.25) is 5.91 Å². The number of hydrogen-bond acceptors (Lipinski definition) is 4. The van der Waals surface area contributed by atoms with Crippen molar-refractivity contribution in [3.63, 3.8) is 0 Å². The van der Waals surface area contributed by atoms with Gasteiger partial charge in [-0.1, -0.05) is 11.1 Å². The molecule has 0 atom stereocenters. The van der Waals surface area contributed by atoms with Crippen LogP contribution < -0.4 is 5.32 Å². The van der Waals surface area contributed by atoms with Gasteiger partial charge >= 0.3 is 0 Å². The molecular formula is C12H17N3O2. The molecule has 1 aromatic rings. The minimum atomic E-state index is -0.0137. The minimum Gasteiger partial charge on any atom is -0.361 e. The highest BCUT2D eigenvalue weighted by atomic mass is 16.5. The standard InChI is InChI=1S/C12H17N3O2/c1-5-6-13-7-12(16)15(4)8-11-9(2)14-17-10(11)3/h1,13H,6-8H2,2-4H3. The highest BCUT2D eigenvalue weighted by molar-refractivity contribution is 5.78. The van der Waals surface area contributed by atoms with E-state index in [2.05, 4.69) is 16.4 Å². The summed E-state index contributed by atoms with van der Waals surface area (Å²) in [5.41, 5.74) is 1.77. The van der Waals surface area contributed by atoms with Crippen LogP contribution in [0.3, 0.4) is 0 Å². The zero-order chi connectivity index (χ0) is 12.8. The van der Waals surface area contributed by atoms with E-state index in [1.807, 2.05) is 13.8 Å². The lowest BCUT2D eigenvalue weighted by molar-refractivity contribution is -0.129. The first-order valence-corrected chi connectivity index (χ1v) is 5.36. The summed E-state index contributed by atoms with van der Waals surface area (Å²) in [4.78, 5) is 13.3. The van der Waals surface area contributed by atoms with Gasteiger partial charge in [-0.2, -0.15) is 0 Å². The third-order valence-electron chi connectivity index (χ3n) is 2.51. The molecule has 1 amide bonds. The highest BCUT2D eigenvalue weighted by Crippen LogP contribution is 2.13. The largest absolute Gasteiger partial charge is 0.361 e. The Bertz CT molecular complexity index is 412. The third-order valence-corrected chi connectivity index (χ3v) is 2.51. The first-order chi connectivity index (χ1) is 8.06. The van der Waals surface area contributed by atoms with Crippen molar-refractivity contribution in [2.45, 2.75) is 20.4 Å². The van der Waals surface area contributed by atoms with Gasteiger partial charge in [0, 0.05) is 12.6 Å². The Hall–Kier alpha value is -1.80. The van der Waals surface area contributed by atoms with Crippen LogP contribution in [-0.2, 0) is 11.3 Å². The molecule has 0 spiro atoms. The summed E-state index contributed by atoms with van der Waals surface area (Å²) >= 11 is 0. The summed E-state index contributed by atoms with van der Waals surface area (Å²) < 4.78 is 5.04. The van der Waals surface area contributed by atoms with E-state index in [0.29, 0.717) is 13.1 Å². The molecule has 1 rings (SSSR count). The molecule has 92 valence electrons. The van der Waals surface area contributed by atoms with Gasteiger partial charge in [0.25, 0.3) is 0 Å². The number of amides is 1. The summed E-state index contributed by atoms with van der Waals surface area (Å²) in [6.45, 7) is 4.83. The maximum atomic E-state index is 11.7. The molecule has 0 unspecified atom stereocenters. The van der Waals surface area contributed by atoms with E-state index < -0.39 is 0 Å². The fraction of sp³-hybridized carbons (Fsp3) is 0.500. The van der Waals surface area contributed by atoms with Crippen molar-refractivity contribution in [1.29, 1.82) is 0 Å². The predicted molar refractivity (Wildman–Crippen MR) is 64.2 cm³/mol. The van der Waals surface area contributed by atoms with Gasteiger partial charge in [-0.25, -0.2) is 0 Å². The monoisotopic (exact) mass is 235 g/mol. The second-order valence-electron chi connectivity index (χ2n) is 3.86. The van der Waals surface area contributed by atoms with Crippen LogP contribution in [0.25, 0.3) is 0 Å². The van der Waals surface area contributed by atoms with Crippen LogP contribution >= 0.6 is 0 Å². The molecule has 0 aliphatic carbocycles. The van der Waals surface area contributed by atoms with Crippen LogP contribution in [0.5, 0.6) is 0 Å². The van der Waals surface area contributed by atoms with Gasteiger partial charge < -0.3 is 9.42 Å². The van der Waals surface area contributed by atoms with Gasteiger partial charge in [-0.3, -0.25) is 10.1 Å². The van der Waals surface area contributed by atoms with Gasteiger partial charge in [-0.15, -0.1) is 6.42 Å². The number of aryl methyl sites for hydroxylation is 2. The van der Waals surface area contributed by atoms with Crippen molar-refractivity contribution in [3.8, 4) is 12.3 Å². The van der Waals surface area contributed by atoms with Crippen molar-refractivity contribution in [2.24, 2.45) is 0 Å². The number of nitrogens with zero attached hydrogens (tertiary/aromatic N) is 2. The van der Waals surface area contributed by atoms with Crippen molar-refractivity contribution in [2.75, 3.05) is 20.1 Å². The van der Waals surface area contributed by atoms with Gasteiger partial charge in [0.05, 0.1) is 25.3 Å². The smallest absolute Gasteiger partial charge is 0.236 e. The van der Waals surface area contributed by atoms with Crippen LogP contribution in [0.1, 0.15) is 17.0 Å². The van der Waals surface area contributed by atoms with Crippen LogP contribution in [0, 0.1) is 26.2 Å². The zero-order valence-electron chi connectivity index (χ0n) is 10.4. The maximum Gasteiger partial charge on any atom is 0.236 e. The minimum absolute atomic E-state index is 0.0137. The summed E-state index contributed by atoms with van der Waals surface area (Å²) in [6.07, 6.45) is 5.08. The number of terminal acetylenes is 1. The Balaban J connectivity index is 2.52. The Morgan fingerprint density at radius 3 is 2.82 bits per heavy atom. The Morgan fingerprint density at radius 2 is 2.29 bits per heavy atom. The molecular weight excluding hydrogens is 218 g/mol. The quantitative estimate of drug-likeness (QED) is 0.595. The second-order valence-corrected chi connectivity index (χ2v) is 3.86. The number of rotatable bonds is 5. The molecule has 5 heteroatoms. The second kappa shape index (κ2) is 6.06. The van der Waals surface area contributed by atoms with E-state index in [0.717, 1.165) is 17.0 Å². The summed E-state index contributed by atoms with van der Waals surface area (Å²) in [5, 5.41) is 6.71. The van der Waals surface area contributed by atoms with E-state index in [1.165, 1.54) is 0 Å². The molecule has 0 bridgehead atoms. The average molecular weight is 235 g/mol. The molecule has 0 saturated heterocycles. The third kappa shape index (κ3) is 3.61. The number of likely N-dealkylation sites (N-methyl/N-ethyl adjacent to an activating group) is 1. The lowest BCUT2D eigenvalue weighted by Gasteiger charge is -2.16. The Kier molecular flexibility index (Phi) is 4.73. The molecule has 1 heterocycles. The molecule has 17 heavy (non-hydrogen) atoms. The lowest BCUT2D eigenvalue weighted by atomic mass is 10.2. The molecule has 0 radical (unpaired) electrons. The first kappa shape index (κ1) is 13.3. The van der Waals surface area contributed by atoms with Gasteiger partial charge in [-0.05, 0) is 13.8 Å². The maximum absolute atomic E-state index is 11.7. The van der Waals surface area contributed by atoms with Crippen LogP contribution in [0.4, 0.5) is 0 Å². The number of carbonyl (C=O) groups excluding carboxylic acids is 1. The Labute approximate surface area is 101 Å². The number of aromatic nitrogens is 1. The number of nitrogens with one attached hydrogen (secondary N) is 1. The Morgan fingerprint density at radius 1 is 1.59 bits per heavy atom. The SMILES string of the molecule is C#CCNCC(=O)N(C)Cc1c(C)noc1C. The molecule has 0 aromatic carbocycles. The molecule has 5 nitrogen and oxygen atoms in total. The summed E-state index contributed by atoms with van der Waals surface area (Å²) in [5.74, 6) is 3.15. The number of hydrogen-bond donors (Lipinski definition) is 1. The first-order valence-electron chi connectivity index (χ1n) is 5.36. The van der Waals surface area contributed by atoms with Crippen LogP contribution in [-0.4, -0.2) is 36.1 Å². The van der Waals surface area contributed by atoms with Crippen LogP contribution in [0.15, 0.2) is 4.52 Å². The van der Waals surface area contributed by atoms with Crippen molar-refractivity contribution < 1.29 is 9.32 Å². The van der Waals surface area contributed by atoms with Crippen molar-refractivity contribution >= 4 is 5.91 Å². The fourth-order valence-corrected chi connectivity index (χ4v) is 1.43. The van der Waals surface area contributed by atoms with Crippen molar-refractivity contribution in [1.82, 2.24) is 15.4 Å². The van der Waals surface area contributed by atoms with Gasteiger partial charge in [0.15, 0.2) is 0 Å². The molecule has 0 aliphatic rings. The van der Waals surface area contributed by atoms with E-state index in [1.54, 1.807) is 11.9 Å².